The van der Waals surface area contributed by atoms with Crippen LogP contribution in [0.4, 0.5) is 0 Å². The van der Waals surface area contributed by atoms with Crippen molar-refractivity contribution in [2.24, 2.45) is 0 Å². The lowest BCUT2D eigenvalue weighted by Crippen LogP contribution is -2.35. The molecule has 0 radical (unpaired) electrons. The Morgan fingerprint density at radius 3 is 2.40 bits per heavy atom. The topological polar surface area (TPSA) is 41.1 Å². The first-order valence-corrected chi connectivity index (χ1v) is 6.12. The van der Waals surface area contributed by atoms with E-state index in [1.807, 2.05) is 13.8 Å². The molecular weight excluding hydrogens is 188 g/mol. The summed E-state index contributed by atoms with van der Waals surface area (Å²) in [4.78, 5) is 11.3. The van der Waals surface area contributed by atoms with E-state index in [-0.39, 0.29) is 11.9 Å². The predicted molar refractivity (Wildman–Crippen MR) is 64.9 cm³/mol. The highest BCUT2D eigenvalue weighted by atomic mass is 16.1. The van der Waals surface area contributed by atoms with Crippen molar-refractivity contribution in [2.75, 3.05) is 6.54 Å². The van der Waals surface area contributed by atoms with E-state index in [0.717, 1.165) is 13.0 Å². The molecule has 0 aromatic heterocycles. The van der Waals surface area contributed by atoms with Gasteiger partial charge in [-0.3, -0.25) is 4.79 Å². The second kappa shape index (κ2) is 8.72. The lowest BCUT2D eigenvalue weighted by atomic mass is 10.1. The molecule has 0 aromatic carbocycles. The van der Waals surface area contributed by atoms with Crippen LogP contribution in [0, 0.1) is 0 Å². The van der Waals surface area contributed by atoms with Crippen molar-refractivity contribution in [3.63, 3.8) is 0 Å². The first kappa shape index (κ1) is 14.4. The number of nitrogens with one attached hydrogen (secondary N) is 2. The van der Waals surface area contributed by atoms with Crippen LogP contribution in [0.25, 0.3) is 0 Å². The number of rotatable bonds is 8. The van der Waals surface area contributed by atoms with Crippen molar-refractivity contribution in [2.45, 2.75) is 65.5 Å². The Morgan fingerprint density at radius 1 is 1.27 bits per heavy atom. The lowest BCUT2D eigenvalue weighted by Gasteiger charge is -2.16. The van der Waals surface area contributed by atoms with Crippen molar-refractivity contribution in [1.82, 2.24) is 10.6 Å². The number of amides is 1. The average Bonchev–Trinajstić information content (AvgIpc) is 2.15. The Hall–Kier alpha value is -0.570. The maximum Gasteiger partial charge on any atom is 0.221 e. The zero-order valence-corrected chi connectivity index (χ0v) is 10.6. The molecule has 1 atom stereocenters. The lowest BCUT2D eigenvalue weighted by molar-refractivity contribution is -0.121. The largest absolute Gasteiger partial charge is 0.354 e. The summed E-state index contributed by atoms with van der Waals surface area (Å²) in [7, 11) is 0. The van der Waals surface area contributed by atoms with E-state index in [4.69, 9.17) is 0 Å². The summed E-state index contributed by atoms with van der Waals surface area (Å²) in [5.41, 5.74) is 0. The molecule has 2 N–H and O–H groups in total. The second-order valence-corrected chi connectivity index (χ2v) is 4.32. The van der Waals surface area contributed by atoms with Gasteiger partial charge in [0.25, 0.3) is 0 Å². The van der Waals surface area contributed by atoms with E-state index < -0.39 is 0 Å². The van der Waals surface area contributed by atoms with E-state index >= 15 is 0 Å². The molecule has 0 fully saturated rings. The van der Waals surface area contributed by atoms with Crippen molar-refractivity contribution in [3.8, 4) is 0 Å². The van der Waals surface area contributed by atoms with Crippen molar-refractivity contribution < 1.29 is 4.79 Å². The maximum atomic E-state index is 11.3. The molecule has 0 saturated heterocycles. The van der Waals surface area contributed by atoms with Crippen LogP contribution in [0.2, 0.25) is 0 Å². The minimum atomic E-state index is 0.142. The highest BCUT2D eigenvalue weighted by molar-refractivity contribution is 5.76. The Kier molecular flexibility index (Phi) is 8.38. The van der Waals surface area contributed by atoms with Gasteiger partial charge >= 0.3 is 0 Å². The fourth-order valence-electron chi connectivity index (χ4n) is 1.58. The summed E-state index contributed by atoms with van der Waals surface area (Å²) in [6.45, 7) is 9.13. The average molecular weight is 214 g/mol. The molecule has 0 spiro atoms. The van der Waals surface area contributed by atoms with E-state index in [2.05, 4.69) is 24.5 Å². The third kappa shape index (κ3) is 8.43. The zero-order chi connectivity index (χ0) is 11.7. The van der Waals surface area contributed by atoms with Crippen LogP contribution < -0.4 is 10.6 Å². The fourth-order valence-corrected chi connectivity index (χ4v) is 1.58. The number of carbonyl (C=O) groups is 1. The van der Waals surface area contributed by atoms with Crippen LogP contribution in [0.1, 0.15) is 53.4 Å². The Balaban J connectivity index is 3.54. The van der Waals surface area contributed by atoms with Gasteiger partial charge in [0.15, 0.2) is 0 Å². The van der Waals surface area contributed by atoms with Crippen molar-refractivity contribution in [3.05, 3.63) is 0 Å². The van der Waals surface area contributed by atoms with Gasteiger partial charge in [0.05, 0.1) is 0 Å². The molecule has 0 bridgehead atoms. The number of hydrogen-bond donors (Lipinski definition) is 2. The predicted octanol–water partition coefficient (Wildman–Crippen LogP) is 2.07. The molecule has 3 nitrogen and oxygen atoms in total. The highest BCUT2D eigenvalue weighted by Gasteiger charge is 2.06. The van der Waals surface area contributed by atoms with Gasteiger partial charge < -0.3 is 10.6 Å². The molecule has 15 heavy (non-hydrogen) atoms. The molecule has 0 aliphatic rings. The third-order valence-electron chi connectivity index (χ3n) is 2.36. The molecule has 90 valence electrons. The molecule has 1 amide bonds. The molecular formula is C12H26N2O. The summed E-state index contributed by atoms with van der Waals surface area (Å²) in [6, 6.07) is 0.817. The van der Waals surface area contributed by atoms with Crippen LogP contribution >= 0.6 is 0 Å². The van der Waals surface area contributed by atoms with Gasteiger partial charge in [-0.25, -0.2) is 0 Å². The van der Waals surface area contributed by atoms with Crippen LogP contribution in [0.15, 0.2) is 0 Å². The van der Waals surface area contributed by atoms with Crippen LogP contribution in [0.3, 0.4) is 0 Å². The molecule has 0 rings (SSSR count). The molecule has 0 aliphatic carbocycles. The Morgan fingerprint density at radius 2 is 1.93 bits per heavy atom. The van der Waals surface area contributed by atoms with Gasteiger partial charge in [-0.15, -0.1) is 0 Å². The molecule has 0 saturated carbocycles. The number of carbonyl (C=O) groups excluding carboxylic acids is 1. The smallest absolute Gasteiger partial charge is 0.221 e. The fraction of sp³-hybridized carbons (Fsp3) is 0.917. The maximum absolute atomic E-state index is 11.3. The summed E-state index contributed by atoms with van der Waals surface area (Å²) in [5.74, 6) is 0.142. The normalized spacial score (nSPS) is 12.9. The Bertz CT molecular complexity index is 169. The van der Waals surface area contributed by atoms with E-state index in [9.17, 15) is 4.79 Å². The number of hydrogen-bond acceptors (Lipinski definition) is 2. The summed E-state index contributed by atoms with van der Waals surface area (Å²) in [5, 5.41) is 6.30. The van der Waals surface area contributed by atoms with Crippen LogP contribution in [0.5, 0.6) is 0 Å². The minimum Gasteiger partial charge on any atom is -0.354 e. The highest BCUT2D eigenvalue weighted by Crippen LogP contribution is 2.00. The van der Waals surface area contributed by atoms with E-state index in [1.165, 1.54) is 12.8 Å². The van der Waals surface area contributed by atoms with Gasteiger partial charge in [0, 0.05) is 25.0 Å². The van der Waals surface area contributed by atoms with E-state index in [1.54, 1.807) is 0 Å². The third-order valence-corrected chi connectivity index (χ3v) is 2.36. The first-order chi connectivity index (χ1) is 7.10. The molecule has 3 heteroatoms. The monoisotopic (exact) mass is 214 g/mol. The van der Waals surface area contributed by atoms with Gasteiger partial charge in [-0.2, -0.15) is 0 Å². The second-order valence-electron chi connectivity index (χ2n) is 4.32. The summed E-state index contributed by atoms with van der Waals surface area (Å²) < 4.78 is 0. The zero-order valence-electron chi connectivity index (χ0n) is 10.6. The quantitative estimate of drug-likeness (QED) is 0.649. The Labute approximate surface area is 94.0 Å². The van der Waals surface area contributed by atoms with Crippen molar-refractivity contribution >= 4 is 5.91 Å². The van der Waals surface area contributed by atoms with E-state index in [0.29, 0.717) is 12.5 Å². The van der Waals surface area contributed by atoms with Gasteiger partial charge in [-0.1, -0.05) is 20.3 Å². The molecule has 0 aliphatic heterocycles. The standard InChI is InChI=1S/C12H26N2O/c1-5-7-11(6-2)13-9-8-12(15)14-10(3)4/h10-11,13H,5-9H2,1-4H3,(H,14,15). The summed E-state index contributed by atoms with van der Waals surface area (Å²) >= 11 is 0. The minimum absolute atomic E-state index is 0.142. The van der Waals surface area contributed by atoms with Gasteiger partial charge in [0.1, 0.15) is 0 Å². The molecule has 1 unspecified atom stereocenters. The molecule has 0 heterocycles. The molecule has 0 aromatic rings. The van der Waals surface area contributed by atoms with Crippen molar-refractivity contribution in [1.29, 1.82) is 0 Å². The van der Waals surface area contributed by atoms with Gasteiger partial charge in [-0.05, 0) is 26.7 Å². The van der Waals surface area contributed by atoms with Gasteiger partial charge in [0.2, 0.25) is 5.91 Å². The first-order valence-electron chi connectivity index (χ1n) is 6.12. The van der Waals surface area contributed by atoms with Crippen LogP contribution in [-0.4, -0.2) is 24.5 Å². The SMILES string of the molecule is CCCC(CC)NCCC(=O)NC(C)C. The summed E-state index contributed by atoms with van der Waals surface area (Å²) in [6.07, 6.45) is 4.12. The van der Waals surface area contributed by atoms with Crippen LogP contribution in [-0.2, 0) is 4.79 Å².